The van der Waals surface area contributed by atoms with Crippen molar-refractivity contribution in [2.75, 3.05) is 11.9 Å². The van der Waals surface area contributed by atoms with Gasteiger partial charge in [0.25, 0.3) is 0 Å². The van der Waals surface area contributed by atoms with E-state index in [9.17, 15) is 9.59 Å². The summed E-state index contributed by atoms with van der Waals surface area (Å²) in [5.41, 5.74) is 2.15. The molecule has 1 amide bonds. The number of benzene rings is 1. The van der Waals surface area contributed by atoms with E-state index in [1.54, 1.807) is 11.9 Å². The third kappa shape index (κ3) is 3.67. The second kappa shape index (κ2) is 6.95. The topological polar surface area (TPSA) is 57.6 Å². The molecule has 0 saturated heterocycles. The highest BCUT2D eigenvalue weighted by atomic mass is 16.4. The van der Waals surface area contributed by atoms with Crippen LogP contribution in [0.1, 0.15) is 51.0 Å². The lowest BCUT2D eigenvalue weighted by Crippen LogP contribution is -2.35. The highest BCUT2D eigenvalue weighted by Crippen LogP contribution is 2.31. The molecule has 1 saturated carbocycles. The molecule has 1 aliphatic rings. The minimum atomic E-state index is -0.733. The van der Waals surface area contributed by atoms with Gasteiger partial charge in [-0.2, -0.15) is 0 Å². The average molecular weight is 303 g/mol. The molecule has 0 spiro atoms. The van der Waals surface area contributed by atoms with Gasteiger partial charge in [0, 0.05) is 18.7 Å². The molecule has 2 rings (SSSR count). The highest BCUT2D eigenvalue weighted by molar-refractivity contribution is 5.94. The first-order valence-corrected chi connectivity index (χ1v) is 8.00. The van der Waals surface area contributed by atoms with Crippen LogP contribution in [0.3, 0.4) is 0 Å². The van der Waals surface area contributed by atoms with Crippen molar-refractivity contribution in [3.8, 4) is 0 Å². The monoisotopic (exact) mass is 303 g/mol. The van der Waals surface area contributed by atoms with Crippen molar-refractivity contribution in [1.82, 2.24) is 0 Å². The third-order valence-corrected chi connectivity index (χ3v) is 4.70. The fourth-order valence-electron chi connectivity index (χ4n) is 3.07. The Balaban J connectivity index is 1.99. The van der Waals surface area contributed by atoms with Crippen LogP contribution in [0.25, 0.3) is 0 Å². The fraction of sp³-hybridized carbons (Fsp3) is 0.556. The number of carboxylic acid groups (broad SMARTS) is 1. The van der Waals surface area contributed by atoms with Crippen molar-refractivity contribution < 1.29 is 14.7 Å². The first-order valence-electron chi connectivity index (χ1n) is 8.00. The lowest BCUT2D eigenvalue weighted by atomic mass is 9.81. The summed E-state index contributed by atoms with van der Waals surface area (Å²) in [4.78, 5) is 25.3. The van der Waals surface area contributed by atoms with E-state index in [1.807, 2.05) is 12.1 Å². The largest absolute Gasteiger partial charge is 0.481 e. The van der Waals surface area contributed by atoms with Crippen LogP contribution >= 0.6 is 0 Å². The maximum Gasteiger partial charge on any atom is 0.306 e. The van der Waals surface area contributed by atoms with Crippen molar-refractivity contribution in [2.24, 2.45) is 11.8 Å². The van der Waals surface area contributed by atoms with Crippen LogP contribution in [0.15, 0.2) is 24.3 Å². The van der Waals surface area contributed by atoms with Gasteiger partial charge >= 0.3 is 5.97 Å². The van der Waals surface area contributed by atoms with Gasteiger partial charge in [-0.15, -0.1) is 0 Å². The summed E-state index contributed by atoms with van der Waals surface area (Å²) >= 11 is 0. The van der Waals surface area contributed by atoms with Crippen LogP contribution in [-0.4, -0.2) is 24.0 Å². The molecule has 4 nitrogen and oxygen atoms in total. The van der Waals surface area contributed by atoms with Gasteiger partial charge in [0.1, 0.15) is 0 Å². The molecule has 0 heterocycles. The highest BCUT2D eigenvalue weighted by Gasteiger charge is 2.31. The maximum atomic E-state index is 12.6. The van der Waals surface area contributed by atoms with Gasteiger partial charge < -0.3 is 10.0 Å². The van der Waals surface area contributed by atoms with Crippen LogP contribution in [0.2, 0.25) is 0 Å². The van der Waals surface area contributed by atoms with E-state index in [0.717, 1.165) is 5.69 Å². The molecule has 1 fully saturated rings. The minimum absolute atomic E-state index is 0.0506. The van der Waals surface area contributed by atoms with Crippen LogP contribution in [0, 0.1) is 11.8 Å². The zero-order chi connectivity index (χ0) is 16.3. The predicted octanol–water partition coefficient (Wildman–Crippen LogP) is 3.66. The number of carbonyl (C=O) groups is 2. The van der Waals surface area contributed by atoms with E-state index in [0.29, 0.717) is 31.6 Å². The Labute approximate surface area is 132 Å². The Morgan fingerprint density at radius 1 is 1.05 bits per heavy atom. The minimum Gasteiger partial charge on any atom is -0.481 e. The summed E-state index contributed by atoms with van der Waals surface area (Å²) in [7, 11) is 1.80. The number of amides is 1. The Bertz CT molecular complexity index is 528. The van der Waals surface area contributed by atoms with Crippen molar-refractivity contribution in [3.63, 3.8) is 0 Å². The number of hydrogen-bond acceptors (Lipinski definition) is 2. The van der Waals surface area contributed by atoms with Crippen LogP contribution < -0.4 is 4.90 Å². The summed E-state index contributed by atoms with van der Waals surface area (Å²) in [5, 5.41) is 9.03. The number of rotatable bonds is 4. The molecule has 0 aromatic heterocycles. The first-order chi connectivity index (χ1) is 10.4. The van der Waals surface area contributed by atoms with Crippen molar-refractivity contribution >= 4 is 17.6 Å². The van der Waals surface area contributed by atoms with Crippen LogP contribution in [0.5, 0.6) is 0 Å². The summed E-state index contributed by atoms with van der Waals surface area (Å²) in [6.07, 6.45) is 2.55. The number of nitrogens with zero attached hydrogens (tertiary/aromatic N) is 1. The standard InChI is InChI=1S/C18H25NO3/c1-12(2)13-8-10-16(11-9-13)19(3)17(20)14-4-6-15(7-5-14)18(21)22/h8-12,14-15H,4-7H2,1-3H3,(H,21,22). The molecule has 120 valence electrons. The van der Waals surface area contributed by atoms with E-state index in [-0.39, 0.29) is 17.7 Å². The molecular formula is C18H25NO3. The van der Waals surface area contributed by atoms with Gasteiger partial charge in [0.2, 0.25) is 5.91 Å². The van der Waals surface area contributed by atoms with Crippen LogP contribution in [0.4, 0.5) is 5.69 Å². The predicted molar refractivity (Wildman–Crippen MR) is 87.0 cm³/mol. The number of carbonyl (C=O) groups excluding carboxylic acids is 1. The van der Waals surface area contributed by atoms with E-state index in [4.69, 9.17) is 5.11 Å². The fourth-order valence-corrected chi connectivity index (χ4v) is 3.07. The molecule has 1 aromatic carbocycles. The van der Waals surface area contributed by atoms with Crippen molar-refractivity contribution in [3.05, 3.63) is 29.8 Å². The van der Waals surface area contributed by atoms with Gasteiger partial charge in [-0.1, -0.05) is 26.0 Å². The number of aliphatic carboxylic acids is 1. The molecular weight excluding hydrogens is 278 g/mol. The molecule has 4 heteroatoms. The molecule has 22 heavy (non-hydrogen) atoms. The smallest absolute Gasteiger partial charge is 0.306 e. The van der Waals surface area contributed by atoms with Gasteiger partial charge in [0.15, 0.2) is 0 Å². The summed E-state index contributed by atoms with van der Waals surface area (Å²) < 4.78 is 0. The van der Waals surface area contributed by atoms with Crippen molar-refractivity contribution in [1.29, 1.82) is 0 Å². The Morgan fingerprint density at radius 3 is 2.00 bits per heavy atom. The third-order valence-electron chi connectivity index (χ3n) is 4.70. The van der Waals surface area contributed by atoms with Gasteiger partial charge in [-0.3, -0.25) is 9.59 Å². The molecule has 0 atom stereocenters. The van der Waals surface area contributed by atoms with E-state index in [2.05, 4.69) is 26.0 Å². The maximum absolute atomic E-state index is 12.6. The Morgan fingerprint density at radius 2 is 1.55 bits per heavy atom. The molecule has 0 unspecified atom stereocenters. The van der Waals surface area contributed by atoms with Crippen molar-refractivity contribution in [2.45, 2.75) is 45.4 Å². The van der Waals surface area contributed by atoms with E-state index >= 15 is 0 Å². The lowest BCUT2D eigenvalue weighted by molar-refractivity contribution is -0.143. The summed E-state index contributed by atoms with van der Waals surface area (Å²) in [6, 6.07) is 8.09. The second-order valence-electron chi connectivity index (χ2n) is 6.53. The zero-order valence-corrected chi connectivity index (χ0v) is 13.6. The average Bonchev–Trinajstić information content (AvgIpc) is 2.53. The number of anilines is 1. The molecule has 1 aliphatic carbocycles. The first kappa shape index (κ1) is 16.5. The molecule has 0 bridgehead atoms. The van der Waals surface area contributed by atoms with Gasteiger partial charge in [0.05, 0.1) is 5.92 Å². The van der Waals surface area contributed by atoms with E-state index < -0.39 is 5.97 Å². The Kier molecular flexibility index (Phi) is 5.22. The molecule has 0 radical (unpaired) electrons. The lowest BCUT2D eigenvalue weighted by Gasteiger charge is -2.29. The molecule has 1 aromatic rings. The SMILES string of the molecule is CC(C)c1ccc(N(C)C(=O)C2CCC(C(=O)O)CC2)cc1. The van der Waals surface area contributed by atoms with Crippen LogP contribution in [-0.2, 0) is 9.59 Å². The summed E-state index contributed by atoms with van der Waals surface area (Å²) in [5.74, 6) is -0.490. The quantitative estimate of drug-likeness (QED) is 0.923. The second-order valence-corrected chi connectivity index (χ2v) is 6.53. The molecule has 1 N–H and O–H groups in total. The number of carboxylic acids is 1. The molecule has 0 aliphatic heterocycles. The van der Waals surface area contributed by atoms with E-state index in [1.165, 1.54) is 5.56 Å². The Hall–Kier alpha value is -1.84. The summed E-state index contributed by atoms with van der Waals surface area (Å²) in [6.45, 7) is 4.29. The number of hydrogen-bond donors (Lipinski definition) is 1. The van der Waals surface area contributed by atoms with Gasteiger partial charge in [-0.25, -0.2) is 0 Å². The normalized spacial score (nSPS) is 21.6. The zero-order valence-electron chi connectivity index (χ0n) is 13.6. The van der Waals surface area contributed by atoms with Gasteiger partial charge in [-0.05, 0) is 49.3 Å².